The predicted octanol–water partition coefficient (Wildman–Crippen LogP) is 3.09. The molecule has 0 spiro atoms. The van der Waals surface area contributed by atoms with E-state index in [0.29, 0.717) is 6.42 Å². The van der Waals surface area contributed by atoms with Gasteiger partial charge in [0, 0.05) is 51.0 Å². The molecule has 0 aliphatic carbocycles. The number of carbonyl (C=O) groups is 1. The van der Waals surface area contributed by atoms with Crippen LogP contribution >= 0.6 is 0 Å². The van der Waals surface area contributed by atoms with Gasteiger partial charge in [-0.2, -0.15) is 0 Å². The lowest BCUT2D eigenvalue weighted by molar-refractivity contribution is -0.122. The number of aromatic nitrogens is 1. The average Bonchev–Trinajstić information content (AvgIpc) is 2.67. The third-order valence-corrected chi connectivity index (χ3v) is 5.23. The normalized spacial score (nSPS) is 16.2. The van der Waals surface area contributed by atoms with Crippen molar-refractivity contribution in [2.24, 2.45) is 0 Å². The molecule has 0 unspecified atom stereocenters. The van der Waals surface area contributed by atoms with Crippen LogP contribution in [0.1, 0.15) is 36.2 Å². The molecule has 2 aromatic rings. The zero-order valence-corrected chi connectivity index (χ0v) is 16.6. The zero-order chi connectivity index (χ0) is 19.2. The number of nitrogens with zero attached hydrogens (tertiary/aromatic N) is 3. The molecule has 5 heteroatoms. The first-order chi connectivity index (χ1) is 13.0. The van der Waals surface area contributed by atoms with E-state index in [4.69, 9.17) is 0 Å². The second-order valence-electron chi connectivity index (χ2n) is 7.41. The molecular weight excluding hydrogens is 336 g/mol. The first-order valence-corrected chi connectivity index (χ1v) is 9.78. The average molecular weight is 367 g/mol. The molecule has 0 saturated carbocycles. The van der Waals surface area contributed by atoms with Gasteiger partial charge >= 0.3 is 0 Å². The number of hydrogen-bond acceptors (Lipinski definition) is 4. The molecule has 1 saturated heterocycles. The van der Waals surface area contributed by atoms with E-state index >= 15 is 0 Å². The molecule has 1 amide bonds. The summed E-state index contributed by atoms with van der Waals surface area (Å²) in [4.78, 5) is 21.5. The highest BCUT2D eigenvalue weighted by Gasteiger charge is 2.19. The number of anilines is 1. The molecule has 1 aliphatic heterocycles. The quantitative estimate of drug-likeness (QED) is 0.853. The van der Waals surface area contributed by atoms with Gasteiger partial charge in [0.05, 0.1) is 11.7 Å². The van der Waals surface area contributed by atoms with Crippen molar-refractivity contribution in [2.75, 3.05) is 37.6 Å². The summed E-state index contributed by atoms with van der Waals surface area (Å²) in [6.07, 6.45) is 2.30. The van der Waals surface area contributed by atoms with Gasteiger partial charge in [0.25, 0.3) is 0 Å². The van der Waals surface area contributed by atoms with Crippen molar-refractivity contribution in [3.8, 4) is 0 Å². The first kappa shape index (κ1) is 19.4. The van der Waals surface area contributed by atoms with Gasteiger partial charge in [0.1, 0.15) is 0 Å². The van der Waals surface area contributed by atoms with Crippen molar-refractivity contribution in [1.82, 2.24) is 15.2 Å². The number of benzene rings is 1. The molecule has 1 aliphatic rings. The molecule has 1 fully saturated rings. The number of amides is 1. The summed E-state index contributed by atoms with van der Waals surface area (Å²) in [7, 11) is 0. The number of hydrogen-bond donors (Lipinski definition) is 1. The van der Waals surface area contributed by atoms with Crippen molar-refractivity contribution in [3.05, 3.63) is 59.4 Å². The fourth-order valence-corrected chi connectivity index (χ4v) is 3.65. The molecule has 144 valence electrons. The van der Waals surface area contributed by atoms with Gasteiger partial charge in [-0.15, -0.1) is 0 Å². The Labute approximate surface area is 162 Å². The molecule has 0 radical (unpaired) electrons. The molecule has 1 aromatic heterocycles. The molecule has 27 heavy (non-hydrogen) atoms. The lowest BCUT2D eigenvalue weighted by Crippen LogP contribution is -2.47. The predicted molar refractivity (Wildman–Crippen MR) is 110 cm³/mol. The number of nitrogens with one attached hydrogen (secondary N) is 1. The maximum absolute atomic E-state index is 12.3. The van der Waals surface area contributed by atoms with E-state index in [0.717, 1.165) is 44.0 Å². The highest BCUT2D eigenvalue weighted by Crippen LogP contribution is 2.18. The summed E-state index contributed by atoms with van der Waals surface area (Å²) in [6, 6.07) is 12.6. The number of pyridine rings is 1. The van der Waals surface area contributed by atoms with E-state index in [1.54, 1.807) is 6.20 Å². The minimum Gasteiger partial charge on any atom is -0.369 e. The lowest BCUT2D eigenvalue weighted by atomic mass is 10.1. The van der Waals surface area contributed by atoms with Gasteiger partial charge in [-0.05, 0) is 50.1 Å². The minimum atomic E-state index is -0.0585. The van der Waals surface area contributed by atoms with Crippen molar-refractivity contribution in [3.63, 3.8) is 0 Å². The standard InChI is InChI=1S/C22H30N4O/c1-17-6-4-8-20(16-17)26-14-12-25(13-15-26)11-9-21(27)24-19(3)22-18(2)7-5-10-23-22/h4-8,10,16,19H,9,11-15H2,1-3H3,(H,24,27)/t19-/m0/s1. The number of piperazine rings is 1. The Balaban J connectivity index is 1.42. The Morgan fingerprint density at radius 2 is 1.93 bits per heavy atom. The first-order valence-electron chi connectivity index (χ1n) is 9.78. The fraction of sp³-hybridized carbons (Fsp3) is 0.455. The maximum Gasteiger partial charge on any atom is 0.221 e. The van der Waals surface area contributed by atoms with Crippen molar-refractivity contribution < 1.29 is 4.79 Å². The smallest absolute Gasteiger partial charge is 0.221 e. The van der Waals surface area contributed by atoms with Crippen LogP contribution in [0.4, 0.5) is 5.69 Å². The molecule has 2 heterocycles. The summed E-state index contributed by atoms with van der Waals surface area (Å²) >= 11 is 0. The molecule has 0 bridgehead atoms. The highest BCUT2D eigenvalue weighted by atomic mass is 16.1. The second-order valence-corrected chi connectivity index (χ2v) is 7.41. The summed E-state index contributed by atoms with van der Waals surface area (Å²) in [6.45, 7) is 11.0. The van der Waals surface area contributed by atoms with E-state index in [1.807, 2.05) is 26.0 Å². The van der Waals surface area contributed by atoms with Crippen molar-refractivity contribution in [2.45, 2.75) is 33.2 Å². The van der Waals surface area contributed by atoms with Crippen LogP contribution in [0.15, 0.2) is 42.6 Å². The van der Waals surface area contributed by atoms with Crippen LogP contribution in [0.3, 0.4) is 0 Å². The van der Waals surface area contributed by atoms with Gasteiger partial charge in [-0.25, -0.2) is 0 Å². The Bertz CT molecular complexity index is 768. The summed E-state index contributed by atoms with van der Waals surface area (Å²) < 4.78 is 0. The second kappa shape index (κ2) is 9.00. The van der Waals surface area contributed by atoms with Crippen molar-refractivity contribution in [1.29, 1.82) is 0 Å². The number of carbonyl (C=O) groups excluding carboxylic acids is 1. The summed E-state index contributed by atoms with van der Waals surface area (Å²) in [5, 5.41) is 3.08. The minimum absolute atomic E-state index is 0.0585. The van der Waals surface area contributed by atoms with E-state index < -0.39 is 0 Å². The third-order valence-electron chi connectivity index (χ3n) is 5.23. The molecule has 1 N–H and O–H groups in total. The Morgan fingerprint density at radius 3 is 2.63 bits per heavy atom. The van der Waals surface area contributed by atoms with Gasteiger partial charge in [-0.1, -0.05) is 18.2 Å². The molecule has 3 rings (SSSR count). The maximum atomic E-state index is 12.3. The summed E-state index contributed by atoms with van der Waals surface area (Å²) in [5.74, 6) is 0.0914. The van der Waals surface area contributed by atoms with E-state index in [2.05, 4.69) is 51.3 Å². The molecular formula is C22H30N4O. The van der Waals surface area contributed by atoms with E-state index in [1.165, 1.54) is 11.3 Å². The van der Waals surface area contributed by atoms with Crippen LogP contribution < -0.4 is 10.2 Å². The van der Waals surface area contributed by atoms with Gasteiger partial charge in [0.15, 0.2) is 0 Å². The Hall–Kier alpha value is -2.40. The number of rotatable bonds is 6. The monoisotopic (exact) mass is 366 g/mol. The SMILES string of the molecule is Cc1cccc(N2CCN(CCC(=O)N[C@@H](C)c3ncccc3C)CC2)c1. The lowest BCUT2D eigenvalue weighted by Gasteiger charge is -2.36. The highest BCUT2D eigenvalue weighted by molar-refractivity contribution is 5.76. The molecule has 5 nitrogen and oxygen atoms in total. The van der Waals surface area contributed by atoms with E-state index in [9.17, 15) is 4.79 Å². The van der Waals surface area contributed by atoms with Crippen LogP contribution in [-0.4, -0.2) is 48.5 Å². The van der Waals surface area contributed by atoms with Crippen LogP contribution in [0.25, 0.3) is 0 Å². The Kier molecular flexibility index (Phi) is 6.45. The van der Waals surface area contributed by atoms with Crippen LogP contribution in [0.2, 0.25) is 0 Å². The van der Waals surface area contributed by atoms with Crippen LogP contribution in [0.5, 0.6) is 0 Å². The van der Waals surface area contributed by atoms with Gasteiger partial charge in [0.2, 0.25) is 5.91 Å². The largest absolute Gasteiger partial charge is 0.369 e. The summed E-state index contributed by atoms with van der Waals surface area (Å²) in [5.41, 5.74) is 4.64. The topological polar surface area (TPSA) is 48.5 Å². The third kappa shape index (κ3) is 5.30. The van der Waals surface area contributed by atoms with Crippen LogP contribution in [-0.2, 0) is 4.79 Å². The zero-order valence-electron chi connectivity index (χ0n) is 16.6. The number of aryl methyl sites for hydroxylation is 2. The molecule has 1 aromatic carbocycles. The van der Waals surface area contributed by atoms with Crippen LogP contribution in [0, 0.1) is 13.8 Å². The van der Waals surface area contributed by atoms with Crippen molar-refractivity contribution >= 4 is 11.6 Å². The molecule has 1 atom stereocenters. The van der Waals surface area contributed by atoms with Gasteiger partial charge in [-0.3, -0.25) is 14.7 Å². The van der Waals surface area contributed by atoms with E-state index in [-0.39, 0.29) is 11.9 Å². The Morgan fingerprint density at radius 1 is 1.15 bits per heavy atom. The fourth-order valence-electron chi connectivity index (χ4n) is 3.65. The van der Waals surface area contributed by atoms with Gasteiger partial charge < -0.3 is 10.2 Å².